The van der Waals surface area contributed by atoms with Crippen LogP contribution in [0.3, 0.4) is 0 Å². The summed E-state index contributed by atoms with van der Waals surface area (Å²) >= 11 is 3.34. The van der Waals surface area contributed by atoms with Crippen LogP contribution in [-0.4, -0.2) is 16.8 Å². The molecular formula is C11H17BrO2. The maximum atomic E-state index is 9.59. The smallest absolute Gasteiger partial charge is 0.0840 e. The SMILES string of the molecule is CC(C)(O)c1cccc(Br)c1.CCO. The number of hydrogen-bond donors (Lipinski definition) is 2. The fourth-order valence-corrected chi connectivity index (χ4v) is 1.27. The predicted molar refractivity (Wildman–Crippen MR) is 62.1 cm³/mol. The van der Waals surface area contributed by atoms with Gasteiger partial charge in [0.15, 0.2) is 0 Å². The van der Waals surface area contributed by atoms with Crippen molar-refractivity contribution in [1.29, 1.82) is 0 Å². The molecule has 0 atom stereocenters. The minimum atomic E-state index is -0.746. The lowest BCUT2D eigenvalue weighted by atomic mass is 9.99. The molecule has 0 amide bonds. The van der Waals surface area contributed by atoms with Gasteiger partial charge in [-0.15, -0.1) is 0 Å². The molecule has 1 aromatic carbocycles. The van der Waals surface area contributed by atoms with E-state index in [0.29, 0.717) is 0 Å². The molecule has 14 heavy (non-hydrogen) atoms. The molecule has 0 aliphatic carbocycles. The minimum Gasteiger partial charge on any atom is -0.397 e. The van der Waals surface area contributed by atoms with Gasteiger partial charge in [-0.2, -0.15) is 0 Å². The van der Waals surface area contributed by atoms with Gasteiger partial charge in [0.1, 0.15) is 0 Å². The van der Waals surface area contributed by atoms with E-state index in [-0.39, 0.29) is 6.61 Å². The second-order valence-corrected chi connectivity index (χ2v) is 4.30. The van der Waals surface area contributed by atoms with Crippen LogP contribution in [0.2, 0.25) is 0 Å². The molecule has 3 heteroatoms. The topological polar surface area (TPSA) is 40.5 Å². The van der Waals surface area contributed by atoms with Gasteiger partial charge in [-0.25, -0.2) is 0 Å². The largest absolute Gasteiger partial charge is 0.397 e. The lowest BCUT2D eigenvalue weighted by molar-refractivity contribution is 0.0785. The highest BCUT2D eigenvalue weighted by Crippen LogP contribution is 2.22. The number of halogens is 1. The third-order valence-corrected chi connectivity index (χ3v) is 2.02. The Morgan fingerprint density at radius 1 is 1.36 bits per heavy atom. The zero-order valence-corrected chi connectivity index (χ0v) is 10.4. The van der Waals surface area contributed by atoms with E-state index in [1.165, 1.54) is 0 Å². The second-order valence-electron chi connectivity index (χ2n) is 3.39. The van der Waals surface area contributed by atoms with E-state index < -0.39 is 5.60 Å². The summed E-state index contributed by atoms with van der Waals surface area (Å²) in [7, 11) is 0. The molecule has 0 radical (unpaired) electrons. The molecule has 0 aliphatic heterocycles. The van der Waals surface area contributed by atoms with Gasteiger partial charge < -0.3 is 10.2 Å². The van der Waals surface area contributed by atoms with Gasteiger partial charge in [0.2, 0.25) is 0 Å². The van der Waals surface area contributed by atoms with Gasteiger partial charge in [-0.1, -0.05) is 28.1 Å². The van der Waals surface area contributed by atoms with Crippen LogP contribution < -0.4 is 0 Å². The van der Waals surface area contributed by atoms with Crippen molar-refractivity contribution in [3.05, 3.63) is 34.3 Å². The average molecular weight is 261 g/mol. The lowest BCUT2D eigenvalue weighted by Gasteiger charge is -2.17. The first-order valence-corrected chi connectivity index (χ1v) is 5.30. The minimum absolute atomic E-state index is 0.250. The molecule has 1 aromatic rings. The van der Waals surface area contributed by atoms with Gasteiger partial charge in [0.05, 0.1) is 5.60 Å². The van der Waals surface area contributed by atoms with Crippen molar-refractivity contribution >= 4 is 15.9 Å². The van der Waals surface area contributed by atoms with Crippen molar-refractivity contribution < 1.29 is 10.2 Å². The van der Waals surface area contributed by atoms with Crippen molar-refractivity contribution in [2.24, 2.45) is 0 Å². The Balaban J connectivity index is 0.000000500. The molecule has 0 bridgehead atoms. The van der Waals surface area contributed by atoms with Crippen molar-refractivity contribution in [3.63, 3.8) is 0 Å². The summed E-state index contributed by atoms with van der Waals surface area (Å²) in [5.41, 5.74) is 0.177. The van der Waals surface area contributed by atoms with Crippen LogP contribution in [0, 0.1) is 0 Å². The van der Waals surface area contributed by atoms with E-state index in [4.69, 9.17) is 5.11 Å². The van der Waals surface area contributed by atoms with E-state index in [0.717, 1.165) is 10.0 Å². The highest BCUT2D eigenvalue weighted by Gasteiger charge is 2.14. The van der Waals surface area contributed by atoms with Crippen LogP contribution in [0.15, 0.2) is 28.7 Å². The molecule has 0 fully saturated rings. The molecule has 0 spiro atoms. The fraction of sp³-hybridized carbons (Fsp3) is 0.455. The monoisotopic (exact) mass is 260 g/mol. The average Bonchev–Trinajstić information content (AvgIpc) is 2.04. The van der Waals surface area contributed by atoms with Crippen molar-refractivity contribution in [2.75, 3.05) is 6.61 Å². The third-order valence-electron chi connectivity index (χ3n) is 1.53. The summed E-state index contributed by atoms with van der Waals surface area (Å²) in [6.07, 6.45) is 0. The Labute approximate surface area is 93.7 Å². The first-order valence-electron chi connectivity index (χ1n) is 4.51. The van der Waals surface area contributed by atoms with Gasteiger partial charge >= 0.3 is 0 Å². The Morgan fingerprint density at radius 2 is 1.86 bits per heavy atom. The number of aliphatic hydroxyl groups excluding tert-OH is 1. The van der Waals surface area contributed by atoms with Gasteiger partial charge in [0.25, 0.3) is 0 Å². The number of aliphatic hydroxyl groups is 2. The molecule has 0 unspecified atom stereocenters. The predicted octanol–water partition coefficient (Wildman–Crippen LogP) is 2.68. The quantitative estimate of drug-likeness (QED) is 0.816. The van der Waals surface area contributed by atoms with E-state index in [2.05, 4.69) is 15.9 Å². The van der Waals surface area contributed by atoms with Crippen molar-refractivity contribution in [1.82, 2.24) is 0 Å². The van der Waals surface area contributed by atoms with Crippen LogP contribution >= 0.6 is 15.9 Å². The Bertz CT molecular complexity index is 266. The summed E-state index contributed by atoms with van der Waals surface area (Å²) in [4.78, 5) is 0. The fourth-order valence-electron chi connectivity index (χ4n) is 0.869. The first kappa shape index (κ1) is 13.6. The summed E-state index contributed by atoms with van der Waals surface area (Å²) < 4.78 is 0.997. The molecule has 2 N–H and O–H groups in total. The molecule has 0 heterocycles. The van der Waals surface area contributed by atoms with Crippen LogP contribution in [0.1, 0.15) is 26.3 Å². The molecule has 0 aromatic heterocycles. The summed E-state index contributed by atoms with van der Waals surface area (Å²) in [6.45, 7) is 5.48. The van der Waals surface area contributed by atoms with Crippen LogP contribution in [0.25, 0.3) is 0 Å². The summed E-state index contributed by atoms with van der Waals surface area (Å²) in [5.74, 6) is 0. The Morgan fingerprint density at radius 3 is 2.14 bits per heavy atom. The molecule has 2 nitrogen and oxygen atoms in total. The molecule has 0 aliphatic rings. The van der Waals surface area contributed by atoms with E-state index in [9.17, 15) is 5.11 Å². The lowest BCUT2D eigenvalue weighted by Crippen LogP contribution is -2.14. The molecule has 0 saturated carbocycles. The zero-order valence-electron chi connectivity index (χ0n) is 8.79. The van der Waals surface area contributed by atoms with E-state index >= 15 is 0 Å². The standard InChI is InChI=1S/C9H11BrO.C2H6O/c1-9(2,11)7-4-3-5-8(10)6-7;1-2-3/h3-6,11H,1-2H3;3H,2H2,1H3. The van der Waals surface area contributed by atoms with E-state index in [1.807, 2.05) is 24.3 Å². The highest BCUT2D eigenvalue weighted by atomic mass is 79.9. The zero-order chi connectivity index (χ0) is 11.2. The van der Waals surface area contributed by atoms with Gasteiger partial charge in [0, 0.05) is 11.1 Å². The van der Waals surface area contributed by atoms with Gasteiger partial charge in [-0.05, 0) is 38.5 Å². The first-order chi connectivity index (χ1) is 6.41. The highest BCUT2D eigenvalue weighted by molar-refractivity contribution is 9.10. The Hall–Kier alpha value is -0.380. The van der Waals surface area contributed by atoms with Crippen molar-refractivity contribution in [2.45, 2.75) is 26.4 Å². The third kappa shape index (κ3) is 5.37. The van der Waals surface area contributed by atoms with Gasteiger partial charge in [-0.3, -0.25) is 0 Å². The molecule has 1 rings (SSSR count). The maximum absolute atomic E-state index is 9.59. The number of rotatable bonds is 1. The summed E-state index contributed by atoms with van der Waals surface area (Å²) in [5, 5.41) is 17.2. The second kappa shape index (κ2) is 6.17. The number of benzene rings is 1. The normalized spacial score (nSPS) is 10.4. The molecular weight excluding hydrogens is 244 g/mol. The Kier molecular flexibility index (Phi) is 6.00. The van der Waals surface area contributed by atoms with Crippen molar-refractivity contribution in [3.8, 4) is 0 Å². The summed E-state index contributed by atoms with van der Waals surface area (Å²) in [6, 6.07) is 7.68. The molecule has 0 saturated heterocycles. The van der Waals surface area contributed by atoms with Crippen LogP contribution in [-0.2, 0) is 5.60 Å². The molecule has 80 valence electrons. The van der Waals surface area contributed by atoms with Crippen LogP contribution in [0.4, 0.5) is 0 Å². The number of hydrogen-bond acceptors (Lipinski definition) is 2. The van der Waals surface area contributed by atoms with E-state index in [1.54, 1.807) is 20.8 Å². The van der Waals surface area contributed by atoms with Crippen LogP contribution in [0.5, 0.6) is 0 Å². The maximum Gasteiger partial charge on any atom is 0.0840 e.